The summed E-state index contributed by atoms with van der Waals surface area (Å²) in [6.07, 6.45) is 9.38. The molecular formula is C14H27N3S. The Morgan fingerprint density at radius 3 is 2.50 bits per heavy atom. The largest absolute Gasteiger partial charge is 0.361 e. The molecule has 2 rings (SSSR count). The maximum absolute atomic E-state index is 5.37. The van der Waals surface area contributed by atoms with Gasteiger partial charge >= 0.3 is 0 Å². The molecule has 104 valence electrons. The highest BCUT2D eigenvalue weighted by atomic mass is 32.1. The van der Waals surface area contributed by atoms with E-state index in [1.54, 1.807) is 0 Å². The van der Waals surface area contributed by atoms with Crippen molar-refractivity contribution in [2.45, 2.75) is 64.0 Å². The third kappa shape index (κ3) is 4.39. The molecule has 2 aliphatic rings. The molecule has 0 spiro atoms. The summed E-state index contributed by atoms with van der Waals surface area (Å²) in [5.41, 5.74) is 0. The number of likely N-dealkylation sites (tertiary alicyclic amines) is 1. The van der Waals surface area contributed by atoms with Crippen LogP contribution in [0.25, 0.3) is 0 Å². The minimum atomic E-state index is 0.591. The van der Waals surface area contributed by atoms with Crippen molar-refractivity contribution in [2.24, 2.45) is 0 Å². The fourth-order valence-corrected chi connectivity index (χ4v) is 3.29. The van der Waals surface area contributed by atoms with Gasteiger partial charge in [-0.3, -0.25) is 4.90 Å². The Balaban J connectivity index is 1.61. The van der Waals surface area contributed by atoms with E-state index < -0.39 is 0 Å². The average molecular weight is 269 g/mol. The molecule has 0 bridgehead atoms. The Hall–Kier alpha value is -0.350. The van der Waals surface area contributed by atoms with Crippen molar-refractivity contribution in [3.63, 3.8) is 0 Å². The summed E-state index contributed by atoms with van der Waals surface area (Å²) in [5, 5.41) is 7.68. The number of nitrogens with zero attached hydrogens (tertiary/aromatic N) is 1. The lowest BCUT2D eigenvalue weighted by Crippen LogP contribution is -2.48. The van der Waals surface area contributed by atoms with E-state index >= 15 is 0 Å². The van der Waals surface area contributed by atoms with Gasteiger partial charge in [0.2, 0.25) is 0 Å². The van der Waals surface area contributed by atoms with Crippen LogP contribution in [0.1, 0.15) is 51.9 Å². The Labute approximate surface area is 117 Å². The van der Waals surface area contributed by atoms with Gasteiger partial charge in [-0.1, -0.05) is 19.3 Å². The molecule has 1 atom stereocenters. The van der Waals surface area contributed by atoms with Crippen molar-refractivity contribution in [1.29, 1.82) is 0 Å². The van der Waals surface area contributed by atoms with Crippen molar-refractivity contribution < 1.29 is 0 Å². The zero-order valence-electron chi connectivity index (χ0n) is 11.6. The standard InChI is InChI=1S/C14H27N3S/c1-12(17-9-5-2-6-10-17)11-15-14(18)16-13-7-3-4-8-13/h12-13H,2-11H2,1H3,(H2,15,16,18). The van der Waals surface area contributed by atoms with Crippen molar-refractivity contribution in [1.82, 2.24) is 15.5 Å². The topological polar surface area (TPSA) is 27.3 Å². The van der Waals surface area contributed by atoms with Gasteiger partial charge in [-0.2, -0.15) is 0 Å². The predicted octanol–water partition coefficient (Wildman–Crippen LogP) is 2.27. The third-order valence-electron chi connectivity index (χ3n) is 4.26. The molecule has 0 aromatic heterocycles. The lowest BCUT2D eigenvalue weighted by molar-refractivity contribution is 0.174. The second-order valence-corrected chi connectivity index (χ2v) is 6.19. The Kier molecular flexibility index (Phi) is 5.70. The summed E-state index contributed by atoms with van der Waals surface area (Å²) >= 11 is 5.37. The average Bonchev–Trinajstić information content (AvgIpc) is 2.90. The van der Waals surface area contributed by atoms with Crippen LogP contribution in [0.2, 0.25) is 0 Å². The van der Waals surface area contributed by atoms with Gasteiger partial charge in [-0.05, 0) is 57.9 Å². The number of thiocarbonyl (C=S) groups is 1. The van der Waals surface area contributed by atoms with Crippen LogP contribution >= 0.6 is 12.2 Å². The van der Waals surface area contributed by atoms with E-state index in [1.165, 1.54) is 58.0 Å². The highest BCUT2D eigenvalue weighted by Crippen LogP contribution is 2.17. The Bertz CT molecular complexity index is 258. The maximum Gasteiger partial charge on any atom is 0.166 e. The minimum absolute atomic E-state index is 0.591. The van der Waals surface area contributed by atoms with Crippen LogP contribution in [0.3, 0.4) is 0 Å². The lowest BCUT2D eigenvalue weighted by atomic mass is 10.1. The summed E-state index contributed by atoms with van der Waals surface area (Å²) in [6.45, 7) is 5.78. The van der Waals surface area contributed by atoms with Crippen molar-refractivity contribution in [3.8, 4) is 0 Å². The molecule has 4 heteroatoms. The second-order valence-electron chi connectivity index (χ2n) is 5.78. The summed E-state index contributed by atoms with van der Waals surface area (Å²) in [4.78, 5) is 2.58. The molecule has 0 aromatic rings. The van der Waals surface area contributed by atoms with E-state index in [-0.39, 0.29) is 0 Å². The Morgan fingerprint density at radius 2 is 1.83 bits per heavy atom. The van der Waals surface area contributed by atoms with Crippen LogP contribution < -0.4 is 10.6 Å². The van der Waals surface area contributed by atoms with Gasteiger partial charge in [-0.15, -0.1) is 0 Å². The fraction of sp³-hybridized carbons (Fsp3) is 0.929. The van der Waals surface area contributed by atoms with Crippen LogP contribution in [0.5, 0.6) is 0 Å². The number of hydrogen-bond acceptors (Lipinski definition) is 2. The Morgan fingerprint density at radius 1 is 1.17 bits per heavy atom. The first-order valence-electron chi connectivity index (χ1n) is 7.54. The summed E-state index contributed by atoms with van der Waals surface area (Å²) in [6, 6.07) is 1.21. The first kappa shape index (κ1) is 14.1. The molecule has 2 N–H and O–H groups in total. The monoisotopic (exact) mass is 269 g/mol. The van der Waals surface area contributed by atoms with Crippen LogP contribution in [-0.4, -0.2) is 41.7 Å². The zero-order chi connectivity index (χ0) is 12.8. The van der Waals surface area contributed by atoms with Crippen LogP contribution in [0.4, 0.5) is 0 Å². The number of piperidine rings is 1. The third-order valence-corrected chi connectivity index (χ3v) is 4.52. The van der Waals surface area contributed by atoms with Crippen molar-refractivity contribution in [2.75, 3.05) is 19.6 Å². The van der Waals surface area contributed by atoms with Gasteiger partial charge in [0.25, 0.3) is 0 Å². The number of nitrogens with one attached hydrogen (secondary N) is 2. The fourth-order valence-electron chi connectivity index (χ4n) is 3.04. The van der Waals surface area contributed by atoms with E-state index in [4.69, 9.17) is 12.2 Å². The van der Waals surface area contributed by atoms with Crippen LogP contribution in [0.15, 0.2) is 0 Å². The molecule has 1 saturated heterocycles. The highest BCUT2D eigenvalue weighted by molar-refractivity contribution is 7.80. The van der Waals surface area contributed by atoms with Crippen LogP contribution in [0, 0.1) is 0 Å². The smallest absolute Gasteiger partial charge is 0.166 e. The molecule has 1 aliphatic heterocycles. The van der Waals surface area contributed by atoms with E-state index in [0.29, 0.717) is 12.1 Å². The summed E-state index contributed by atoms with van der Waals surface area (Å²) in [5.74, 6) is 0. The highest BCUT2D eigenvalue weighted by Gasteiger charge is 2.18. The molecule has 1 heterocycles. The molecular weight excluding hydrogens is 242 g/mol. The van der Waals surface area contributed by atoms with Gasteiger partial charge in [0.15, 0.2) is 5.11 Å². The van der Waals surface area contributed by atoms with Crippen molar-refractivity contribution in [3.05, 3.63) is 0 Å². The number of hydrogen-bond donors (Lipinski definition) is 2. The zero-order valence-corrected chi connectivity index (χ0v) is 12.4. The van der Waals surface area contributed by atoms with Gasteiger partial charge < -0.3 is 10.6 Å². The molecule has 0 radical (unpaired) electrons. The first-order chi connectivity index (χ1) is 8.75. The normalized spacial score (nSPS) is 23.8. The van der Waals surface area contributed by atoms with Gasteiger partial charge in [-0.25, -0.2) is 0 Å². The maximum atomic E-state index is 5.37. The van der Waals surface area contributed by atoms with Gasteiger partial charge in [0.1, 0.15) is 0 Å². The molecule has 0 aromatic carbocycles. The molecule has 1 saturated carbocycles. The van der Waals surface area contributed by atoms with E-state index in [1.807, 2.05) is 0 Å². The molecule has 1 aliphatic carbocycles. The molecule has 2 fully saturated rings. The predicted molar refractivity (Wildman–Crippen MR) is 80.9 cm³/mol. The lowest BCUT2D eigenvalue weighted by Gasteiger charge is -2.32. The van der Waals surface area contributed by atoms with E-state index in [9.17, 15) is 0 Å². The van der Waals surface area contributed by atoms with E-state index in [2.05, 4.69) is 22.5 Å². The quantitative estimate of drug-likeness (QED) is 0.766. The van der Waals surface area contributed by atoms with Gasteiger partial charge in [0.05, 0.1) is 0 Å². The second kappa shape index (κ2) is 7.29. The molecule has 1 unspecified atom stereocenters. The van der Waals surface area contributed by atoms with Gasteiger partial charge in [0, 0.05) is 18.6 Å². The molecule has 0 amide bonds. The number of rotatable bonds is 4. The summed E-state index contributed by atoms with van der Waals surface area (Å²) in [7, 11) is 0. The molecule has 3 nitrogen and oxygen atoms in total. The SMILES string of the molecule is CC(CNC(=S)NC1CCCC1)N1CCCCC1. The minimum Gasteiger partial charge on any atom is -0.361 e. The van der Waals surface area contributed by atoms with Crippen molar-refractivity contribution >= 4 is 17.3 Å². The van der Waals surface area contributed by atoms with E-state index in [0.717, 1.165) is 11.7 Å². The summed E-state index contributed by atoms with van der Waals surface area (Å²) < 4.78 is 0. The first-order valence-corrected chi connectivity index (χ1v) is 7.95. The molecule has 18 heavy (non-hydrogen) atoms. The van der Waals surface area contributed by atoms with Crippen LogP contribution in [-0.2, 0) is 0 Å².